The molecular weight excluding hydrogens is 280 g/mol. The number of amides is 2. The van der Waals surface area contributed by atoms with Gasteiger partial charge in [-0.15, -0.1) is 0 Å². The van der Waals surface area contributed by atoms with Gasteiger partial charge in [-0.25, -0.2) is 4.98 Å². The molecule has 6 heteroatoms. The van der Waals surface area contributed by atoms with Crippen LogP contribution in [-0.4, -0.2) is 47.4 Å². The Morgan fingerprint density at radius 3 is 2.41 bits per heavy atom. The monoisotopic (exact) mass is 304 g/mol. The summed E-state index contributed by atoms with van der Waals surface area (Å²) in [4.78, 5) is 31.8. The third-order valence-electron chi connectivity index (χ3n) is 3.88. The van der Waals surface area contributed by atoms with Crippen LogP contribution in [0.2, 0.25) is 0 Å². The van der Waals surface area contributed by atoms with Crippen LogP contribution in [0.3, 0.4) is 0 Å². The van der Waals surface area contributed by atoms with E-state index in [9.17, 15) is 9.59 Å². The zero-order chi connectivity index (χ0) is 16.5. The largest absolute Gasteiger partial charge is 0.366 e. The van der Waals surface area contributed by atoms with Crippen molar-refractivity contribution in [3.8, 4) is 0 Å². The lowest BCUT2D eigenvalue weighted by Crippen LogP contribution is -2.56. The fourth-order valence-electron chi connectivity index (χ4n) is 2.66. The van der Waals surface area contributed by atoms with Gasteiger partial charge in [-0.1, -0.05) is 20.8 Å². The van der Waals surface area contributed by atoms with Crippen molar-refractivity contribution in [1.82, 2.24) is 9.88 Å². The van der Waals surface area contributed by atoms with Crippen molar-refractivity contribution in [2.75, 3.05) is 24.5 Å². The summed E-state index contributed by atoms with van der Waals surface area (Å²) in [6.45, 7) is 9.98. The number of hydrogen-bond donors (Lipinski definition) is 1. The maximum absolute atomic E-state index is 12.4. The van der Waals surface area contributed by atoms with E-state index in [0.29, 0.717) is 18.7 Å². The average Bonchev–Trinajstić information content (AvgIpc) is 2.45. The minimum absolute atomic E-state index is 0.173. The summed E-state index contributed by atoms with van der Waals surface area (Å²) in [5.74, 6) is 0.504. The molecule has 2 amide bonds. The van der Waals surface area contributed by atoms with Crippen molar-refractivity contribution in [2.24, 2.45) is 11.1 Å². The molecule has 2 N–H and O–H groups in total. The number of piperazine rings is 1. The molecule has 1 aromatic rings. The van der Waals surface area contributed by atoms with E-state index in [1.807, 2.05) is 25.7 Å². The number of hydrogen-bond acceptors (Lipinski definition) is 4. The Bertz CT molecular complexity index is 563. The highest BCUT2D eigenvalue weighted by Crippen LogP contribution is 2.23. The molecule has 120 valence electrons. The van der Waals surface area contributed by atoms with E-state index >= 15 is 0 Å². The van der Waals surface area contributed by atoms with Crippen LogP contribution < -0.4 is 10.6 Å². The van der Waals surface area contributed by atoms with Crippen LogP contribution in [0.4, 0.5) is 5.82 Å². The van der Waals surface area contributed by atoms with Crippen molar-refractivity contribution in [3.63, 3.8) is 0 Å². The standard InChI is InChI=1S/C16H24N4O2/c1-11-10-19(15(22)16(2,3)4)7-8-20(11)13-6-5-12(9-18-13)14(17)21/h5-6,9,11H,7-8,10H2,1-4H3,(H2,17,21). The second kappa shape index (κ2) is 5.94. The molecule has 0 saturated carbocycles. The second-order valence-corrected chi connectivity index (χ2v) is 6.81. The molecule has 2 rings (SSSR count). The van der Waals surface area contributed by atoms with Gasteiger partial charge in [0.05, 0.1) is 5.56 Å². The van der Waals surface area contributed by atoms with Crippen molar-refractivity contribution in [2.45, 2.75) is 33.7 Å². The number of rotatable bonds is 2. The molecular formula is C16H24N4O2. The zero-order valence-corrected chi connectivity index (χ0v) is 13.7. The van der Waals surface area contributed by atoms with Gasteiger partial charge in [0.2, 0.25) is 11.8 Å². The molecule has 22 heavy (non-hydrogen) atoms. The van der Waals surface area contributed by atoms with E-state index in [0.717, 1.165) is 12.4 Å². The summed E-state index contributed by atoms with van der Waals surface area (Å²) in [5.41, 5.74) is 5.27. The van der Waals surface area contributed by atoms with Gasteiger partial charge < -0.3 is 15.5 Å². The summed E-state index contributed by atoms with van der Waals surface area (Å²) in [6, 6.07) is 3.66. The molecule has 0 spiro atoms. The second-order valence-electron chi connectivity index (χ2n) is 6.81. The lowest BCUT2D eigenvalue weighted by atomic mass is 9.94. The van der Waals surface area contributed by atoms with Crippen molar-refractivity contribution in [1.29, 1.82) is 0 Å². The Balaban J connectivity index is 2.07. The smallest absolute Gasteiger partial charge is 0.250 e. The number of carbonyl (C=O) groups excluding carboxylic acids is 2. The molecule has 0 bridgehead atoms. The van der Waals surface area contributed by atoms with Gasteiger partial charge in [0.15, 0.2) is 0 Å². The van der Waals surface area contributed by atoms with Crippen LogP contribution in [0.25, 0.3) is 0 Å². The Morgan fingerprint density at radius 2 is 1.95 bits per heavy atom. The quantitative estimate of drug-likeness (QED) is 0.892. The highest BCUT2D eigenvalue weighted by atomic mass is 16.2. The van der Waals surface area contributed by atoms with Crippen molar-refractivity contribution < 1.29 is 9.59 Å². The van der Waals surface area contributed by atoms with E-state index in [1.54, 1.807) is 12.1 Å². The van der Waals surface area contributed by atoms with Crippen LogP contribution in [-0.2, 0) is 4.79 Å². The van der Waals surface area contributed by atoms with Crippen LogP contribution in [0.15, 0.2) is 18.3 Å². The molecule has 2 heterocycles. The lowest BCUT2D eigenvalue weighted by molar-refractivity contribution is -0.140. The highest BCUT2D eigenvalue weighted by molar-refractivity contribution is 5.92. The lowest BCUT2D eigenvalue weighted by Gasteiger charge is -2.42. The first-order chi connectivity index (χ1) is 10.2. The fraction of sp³-hybridized carbons (Fsp3) is 0.562. The molecule has 6 nitrogen and oxygen atoms in total. The van der Waals surface area contributed by atoms with Gasteiger partial charge in [0, 0.05) is 37.3 Å². The first kappa shape index (κ1) is 16.3. The van der Waals surface area contributed by atoms with Gasteiger partial charge in [-0.3, -0.25) is 9.59 Å². The van der Waals surface area contributed by atoms with Crippen LogP contribution in [0, 0.1) is 5.41 Å². The number of primary amides is 1. The number of pyridine rings is 1. The third kappa shape index (κ3) is 3.37. The average molecular weight is 304 g/mol. The summed E-state index contributed by atoms with van der Waals surface area (Å²) in [5, 5.41) is 0. The maximum atomic E-state index is 12.4. The number of carbonyl (C=O) groups is 2. The van der Waals surface area contributed by atoms with E-state index in [2.05, 4.69) is 16.8 Å². The van der Waals surface area contributed by atoms with Crippen LogP contribution >= 0.6 is 0 Å². The van der Waals surface area contributed by atoms with Crippen LogP contribution in [0.5, 0.6) is 0 Å². The molecule has 1 unspecified atom stereocenters. The Morgan fingerprint density at radius 1 is 1.27 bits per heavy atom. The predicted molar refractivity (Wildman–Crippen MR) is 85.6 cm³/mol. The number of aromatic nitrogens is 1. The number of nitrogens with zero attached hydrogens (tertiary/aromatic N) is 3. The zero-order valence-electron chi connectivity index (χ0n) is 13.7. The summed E-state index contributed by atoms with van der Waals surface area (Å²) < 4.78 is 0. The molecule has 1 aliphatic rings. The molecule has 0 radical (unpaired) electrons. The van der Waals surface area contributed by atoms with E-state index in [4.69, 9.17) is 5.73 Å². The Labute approximate surface area is 131 Å². The topological polar surface area (TPSA) is 79.5 Å². The normalized spacial score (nSPS) is 19.2. The summed E-state index contributed by atoms with van der Waals surface area (Å²) in [7, 11) is 0. The predicted octanol–water partition coefficient (Wildman–Crippen LogP) is 1.26. The Kier molecular flexibility index (Phi) is 4.39. The van der Waals surface area contributed by atoms with E-state index < -0.39 is 5.91 Å². The van der Waals surface area contributed by atoms with Gasteiger partial charge in [-0.05, 0) is 19.1 Å². The van der Waals surface area contributed by atoms with Gasteiger partial charge in [-0.2, -0.15) is 0 Å². The number of anilines is 1. The minimum Gasteiger partial charge on any atom is -0.366 e. The van der Waals surface area contributed by atoms with Crippen LogP contribution in [0.1, 0.15) is 38.1 Å². The SMILES string of the molecule is CC1CN(C(=O)C(C)(C)C)CCN1c1ccc(C(N)=O)cn1. The van der Waals surface area contributed by atoms with Crippen molar-refractivity contribution >= 4 is 17.6 Å². The van der Waals surface area contributed by atoms with Crippen molar-refractivity contribution in [3.05, 3.63) is 23.9 Å². The fourth-order valence-corrected chi connectivity index (χ4v) is 2.66. The molecule has 1 aromatic heterocycles. The summed E-state index contributed by atoms with van der Waals surface area (Å²) >= 11 is 0. The molecule has 1 aliphatic heterocycles. The Hall–Kier alpha value is -2.11. The summed E-state index contributed by atoms with van der Waals surface area (Å²) in [6.07, 6.45) is 1.50. The van der Waals surface area contributed by atoms with Gasteiger partial charge in [0.1, 0.15) is 5.82 Å². The first-order valence-corrected chi connectivity index (χ1v) is 7.52. The number of nitrogens with two attached hydrogens (primary N) is 1. The molecule has 1 fully saturated rings. The highest BCUT2D eigenvalue weighted by Gasteiger charge is 2.32. The van der Waals surface area contributed by atoms with E-state index in [-0.39, 0.29) is 17.4 Å². The van der Waals surface area contributed by atoms with Gasteiger partial charge >= 0.3 is 0 Å². The minimum atomic E-state index is -0.479. The molecule has 0 aromatic carbocycles. The van der Waals surface area contributed by atoms with E-state index in [1.165, 1.54) is 6.20 Å². The third-order valence-corrected chi connectivity index (χ3v) is 3.88. The maximum Gasteiger partial charge on any atom is 0.250 e. The molecule has 1 atom stereocenters. The van der Waals surface area contributed by atoms with Gasteiger partial charge in [0.25, 0.3) is 0 Å². The molecule has 1 saturated heterocycles. The molecule has 0 aliphatic carbocycles. The first-order valence-electron chi connectivity index (χ1n) is 7.52.